The summed E-state index contributed by atoms with van der Waals surface area (Å²) in [6.45, 7) is 4.14. The van der Waals surface area contributed by atoms with Crippen LogP contribution in [0.4, 0.5) is 5.82 Å². The van der Waals surface area contributed by atoms with Gasteiger partial charge in [-0.3, -0.25) is 4.79 Å². The maximum Gasteiger partial charge on any atom is 0.252 e. The maximum atomic E-state index is 11.3. The molecule has 0 amide bonds. The second-order valence-corrected chi connectivity index (χ2v) is 3.84. The predicted molar refractivity (Wildman–Crippen MR) is 63.6 cm³/mol. The Hall–Kier alpha value is -1.36. The first-order valence-electron chi connectivity index (χ1n) is 5.63. The minimum Gasteiger partial charge on any atom is -0.396 e. The summed E-state index contributed by atoms with van der Waals surface area (Å²) >= 11 is 0. The summed E-state index contributed by atoms with van der Waals surface area (Å²) in [4.78, 5) is 18.2. The molecule has 0 aromatic carbocycles. The average molecular weight is 225 g/mol. The van der Waals surface area contributed by atoms with E-state index in [0.717, 1.165) is 12.8 Å². The molecule has 0 saturated heterocycles. The van der Waals surface area contributed by atoms with Crippen LogP contribution in [0, 0.1) is 0 Å². The summed E-state index contributed by atoms with van der Waals surface area (Å²) in [7, 11) is 0. The van der Waals surface area contributed by atoms with Crippen molar-refractivity contribution in [2.45, 2.75) is 39.2 Å². The van der Waals surface area contributed by atoms with Gasteiger partial charge in [-0.1, -0.05) is 6.92 Å². The highest BCUT2D eigenvalue weighted by Gasteiger charge is 2.04. The zero-order valence-corrected chi connectivity index (χ0v) is 9.79. The molecule has 1 aromatic heterocycles. The lowest BCUT2D eigenvalue weighted by molar-refractivity contribution is 0.282. The van der Waals surface area contributed by atoms with Crippen LogP contribution < -0.4 is 10.9 Å². The standard InChI is InChI=1S/C11H19N3O2/c1-3-9-13-10(7-11(16)14-9)12-8(2)5-4-6-15/h7-8,15H,3-6H2,1-2H3,(H2,12,13,14,16). The third-order valence-corrected chi connectivity index (χ3v) is 2.32. The Morgan fingerprint density at radius 3 is 3.00 bits per heavy atom. The first kappa shape index (κ1) is 12.7. The molecule has 1 heterocycles. The van der Waals surface area contributed by atoms with E-state index in [1.807, 2.05) is 13.8 Å². The Labute approximate surface area is 94.9 Å². The fourth-order valence-corrected chi connectivity index (χ4v) is 1.47. The number of aromatic nitrogens is 2. The van der Waals surface area contributed by atoms with Crippen LogP contribution >= 0.6 is 0 Å². The van der Waals surface area contributed by atoms with E-state index in [4.69, 9.17) is 5.11 Å². The van der Waals surface area contributed by atoms with E-state index in [-0.39, 0.29) is 18.2 Å². The van der Waals surface area contributed by atoms with Crippen molar-refractivity contribution in [1.29, 1.82) is 0 Å². The van der Waals surface area contributed by atoms with Crippen LogP contribution in [0.15, 0.2) is 10.9 Å². The minimum absolute atomic E-state index is 0.135. The van der Waals surface area contributed by atoms with Gasteiger partial charge in [-0.25, -0.2) is 4.98 Å². The van der Waals surface area contributed by atoms with E-state index in [9.17, 15) is 4.79 Å². The van der Waals surface area contributed by atoms with Gasteiger partial charge in [0.1, 0.15) is 11.6 Å². The Balaban J connectivity index is 2.65. The number of hydrogen-bond donors (Lipinski definition) is 3. The highest BCUT2D eigenvalue weighted by molar-refractivity contribution is 5.33. The number of H-pyrrole nitrogens is 1. The molecule has 0 aliphatic heterocycles. The molecule has 1 aromatic rings. The highest BCUT2D eigenvalue weighted by Crippen LogP contribution is 2.05. The van der Waals surface area contributed by atoms with E-state index in [1.165, 1.54) is 6.07 Å². The highest BCUT2D eigenvalue weighted by atomic mass is 16.2. The van der Waals surface area contributed by atoms with E-state index < -0.39 is 0 Å². The first-order chi connectivity index (χ1) is 7.65. The number of aliphatic hydroxyl groups is 1. The molecule has 5 nitrogen and oxygen atoms in total. The molecule has 0 saturated carbocycles. The van der Waals surface area contributed by atoms with Gasteiger partial charge in [-0.2, -0.15) is 0 Å². The summed E-state index contributed by atoms with van der Waals surface area (Å²) < 4.78 is 0. The van der Waals surface area contributed by atoms with Gasteiger partial charge in [-0.15, -0.1) is 0 Å². The lowest BCUT2D eigenvalue weighted by Gasteiger charge is -2.13. The second-order valence-electron chi connectivity index (χ2n) is 3.84. The van der Waals surface area contributed by atoms with Crippen LogP contribution in [0.5, 0.6) is 0 Å². The lowest BCUT2D eigenvalue weighted by Crippen LogP contribution is -2.20. The number of anilines is 1. The summed E-state index contributed by atoms with van der Waals surface area (Å²) in [6, 6.07) is 1.65. The molecular weight excluding hydrogens is 206 g/mol. The van der Waals surface area contributed by atoms with Gasteiger partial charge < -0.3 is 15.4 Å². The molecule has 90 valence electrons. The van der Waals surface area contributed by atoms with Crippen molar-refractivity contribution in [3.05, 3.63) is 22.2 Å². The van der Waals surface area contributed by atoms with Crippen molar-refractivity contribution < 1.29 is 5.11 Å². The maximum absolute atomic E-state index is 11.3. The molecular formula is C11H19N3O2. The van der Waals surface area contributed by atoms with Crippen molar-refractivity contribution in [3.63, 3.8) is 0 Å². The fraction of sp³-hybridized carbons (Fsp3) is 0.636. The molecule has 0 spiro atoms. The fourth-order valence-electron chi connectivity index (χ4n) is 1.47. The number of hydrogen-bond acceptors (Lipinski definition) is 4. The van der Waals surface area contributed by atoms with Gasteiger partial charge in [0.05, 0.1) is 0 Å². The van der Waals surface area contributed by atoms with Crippen molar-refractivity contribution in [3.8, 4) is 0 Å². The molecule has 1 rings (SSSR count). The van der Waals surface area contributed by atoms with E-state index in [2.05, 4.69) is 15.3 Å². The van der Waals surface area contributed by atoms with Crippen molar-refractivity contribution in [2.24, 2.45) is 0 Å². The van der Waals surface area contributed by atoms with Gasteiger partial charge in [0.25, 0.3) is 5.56 Å². The molecule has 3 N–H and O–H groups in total. The third-order valence-electron chi connectivity index (χ3n) is 2.32. The molecule has 1 atom stereocenters. The van der Waals surface area contributed by atoms with Crippen LogP contribution in [-0.4, -0.2) is 27.7 Å². The van der Waals surface area contributed by atoms with E-state index in [0.29, 0.717) is 18.1 Å². The zero-order valence-electron chi connectivity index (χ0n) is 9.79. The predicted octanol–water partition coefficient (Wildman–Crippen LogP) is 0.905. The van der Waals surface area contributed by atoms with E-state index >= 15 is 0 Å². The number of aliphatic hydroxyl groups excluding tert-OH is 1. The summed E-state index contributed by atoms with van der Waals surface area (Å²) in [6.07, 6.45) is 2.31. The van der Waals surface area contributed by atoms with Gasteiger partial charge in [0, 0.05) is 25.1 Å². The number of nitrogens with one attached hydrogen (secondary N) is 2. The van der Waals surface area contributed by atoms with Gasteiger partial charge in [0.2, 0.25) is 0 Å². The Bertz CT molecular complexity index is 376. The molecule has 0 aliphatic rings. The average Bonchev–Trinajstić information content (AvgIpc) is 2.25. The monoisotopic (exact) mass is 225 g/mol. The molecule has 16 heavy (non-hydrogen) atoms. The molecule has 0 radical (unpaired) electrons. The smallest absolute Gasteiger partial charge is 0.252 e. The molecule has 0 aliphatic carbocycles. The van der Waals surface area contributed by atoms with Crippen molar-refractivity contribution >= 4 is 5.82 Å². The molecule has 1 unspecified atom stereocenters. The lowest BCUT2D eigenvalue weighted by atomic mass is 10.2. The summed E-state index contributed by atoms with van der Waals surface area (Å²) in [5, 5.41) is 11.9. The molecule has 0 fully saturated rings. The largest absolute Gasteiger partial charge is 0.396 e. The van der Waals surface area contributed by atoms with Crippen molar-refractivity contribution in [2.75, 3.05) is 11.9 Å². The number of aryl methyl sites for hydroxylation is 1. The summed E-state index contributed by atoms with van der Waals surface area (Å²) in [5.74, 6) is 1.29. The normalized spacial score (nSPS) is 12.4. The first-order valence-corrected chi connectivity index (χ1v) is 5.63. The molecule has 5 heteroatoms. The topological polar surface area (TPSA) is 78.0 Å². The Morgan fingerprint density at radius 2 is 2.38 bits per heavy atom. The minimum atomic E-state index is -0.135. The Kier molecular flexibility index (Phi) is 4.98. The molecule has 0 bridgehead atoms. The second kappa shape index (κ2) is 6.27. The van der Waals surface area contributed by atoms with Gasteiger partial charge in [0.15, 0.2) is 0 Å². The van der Waals surface area contributed by atoms with Crippen LogP contribution in [0.2, 0.25) is 0 Å². The van der Waals surface area contributed by atoms with Crippen LogP contribution in [0.3, 0.4) is 0 Å². The quantitative estimate of drug-likeness (QED) is 0.672. The van der Waals surface area contributed by atoms with E-state index in [1.54, 1.807) is 0 Å². The van der Waals surface area contributed by atoms with Crippen molar-refractivity contribution in [1.82, 2.24) is 9.97 Å². The Morgan fingerprint density at radius 1 is 1.62 bits per heavy atom. The van der Waals surface area contributed by atoms with Crippen LogP contribution in [0.25, 0.3) is 0 Å². The number of nitrogens with zero attached hydrogens (tertiary/aromatic N) is 1. The van der Waals surface area contributed by atoms with Crippen LogP contribution in [0.1, 0.15) is 32.5 Å². The SMILES string of the molecule is CCc1nc(NC(C)CCCO)cc(=O)[nH]1. The van der Waals surface area contributed by atoms with Gasteiger partial charge in [-0.05, 0) is 19.8 Å². The third kappa shape index (κ3) is 4.02. The summed E-state index contributed by atoms with van der Waals surface area (Å²) in [5.41, 5.74) is -0.135. The van der Waals surface area contributed by atoms with Gasteiger partial charge >= 0.3 is 0 Å². The van der Waals surface area contributed by atoms with Crippen LogP contribution in [-0.2, 0) is 6.42 Å². The zero-order chi connectivity index (χ0) is 12.0. The number of aromatic amines is 1. The number of rotatable bonds is 6.